The fourth-order valence-electron chi connectivity index (χ4n) is 2.31. The number of carbonyl (C=O) groups excluding carboxylic acids is 1. The van der Waals surface area contributed by atoms with Gasteiger partial charge >= 0.3 is 0 Å². The molecule has 0 atom stereocenters. The summed E-state index contributed by atoms with van der Waals surface area (Å²) in [5, 5.41) is 0. The van der Waals surface area contributed by atoms with E-state index in [9.17, 15) is 9.59 Å². The monoisotopic (exact) mass is 399 g/mol. The molecule has 1 heterocycles. The summed E-state index contributed by atoms with van der Waals surface area (Å²) in [7, 11) is 1.67. The first-order chi connectivity index (χ1) is 13.2. The van der Waals surface area contributed by atoms with Crippen LogP contribution in [0.3, 0.4) is 0 Å². The Morgan fingerprint density at radius 2 is 2.00 bits per heavy atom. The Morgan fingerprint density at radius 3 is 2.61 bits per heavy atom. The van der Waals surface area contributed by atoms with Crippen LogP contribution in [0, 0.1) is 17.8 Å². The second kappa shape index (κ2) is 8.94. The van der Waals surface area contributed by atoms with Crippen LogP contribution in [-0.4, -0.2) is 23.6 Å². The lowest BCUT2D eigenvalue weighted by Crippen LogP contribution is -2.30. The first-order valence-electron chi connectivity index (χ1n) is 8.94. The maximum Gasteiger partial charge on any atom is 0.268 e. The number of aromatic nitrogens is 1. The summed E-state index contributed by atoms with van der Waals surface area (Å²) in [5.41, 5.74) is 0.151. The number of nitrogens with zero attached hydrogens (tertiary/aromatic N) is 1. The minimum Gasteiger partial charge on any atom is -0.490 e. The summed E-state index contributed by atoms with van der Waals surface area (Å²) in [6.07, 6.45) is 8.55. The first-order valence-corrected chi connectivity index (χ1v) is 9.76. The highest BCUT2D eigenvalue weighted by Gasteiger charge is 2.19. The van der Waals surface area contributed by atoms with Gasteiger partial charge < -0.3 is 14.0 Å². The lowest BCUT2D eigenvalue weighted by molar-refractivity contribution is -0.120. The van der Waals surface area contributed by atoms with Crippen LogP contribution in [-0.2, 0) is 11.8 Å². The molecule has 0 radical (unpaired) electrons. The van der Waals surface area contributed by atoms with Gasteiger partial charge in [0.1, 0.15) is 11.3 Å². The molecule has 0 fully saturated rings. The van der Waals surface area contributed by atoms with E-state index in [1.807, 2.05) is 33.8 Å². The molecule has 2 aromatic rings. The van der Waals surface area contributed by atoms with Crippen LogP contribution < -0.4 is 24.2 Å². The zero-order chi connectivity index (χ0) is 20.9. The fraction of sp³-hybridized carbons (Fsp3) is 0.364. The van der Waals surface area contributed by atoms with Gasteiger partial charge in [0.2, 0.25) is 0 Å². The van der Waals surface area contributed by atoms with Gasteiger partial charge in [-0.3, -0.25) is 9.59 Å². The van der Waals surface area contributed by atoms with Crippen molar-refractivity contribution in [3.63, 3.8) is 0 Å². The Bertz CT molecular complexity index is 1080. The van der Waals surface area contributed by atoms with E-state index in [0.717, 1.165) is 5.56 Å². The summed E-state index contributed by atoms with van der Waals surface area (Å²) in [6.45, 7) is 8.06. The van der Waals surface area contributed by atoms with Gasteiger partial charge in [-0.1, -0.05) is 32.8 Å². The first kappa shape index (κ1) is 21.5. The van der Waals surface area contributed by atoms with Crippen molar-refractivity contribution >= 4 is 29.3 Å². The molecular formula is C22H25NO4S. The summed E-state index contributed by atoms with van der Waals surface area (Å²) in [5.74, 6) is 3.52. The Morgan fingerprint density at radius 1 is 1.29 bits per heavy atom. The molecule has 0 aliphatic carbocycles. The van der Waals surface area contributed by atoms with Crippen molar-refractivity contribution in [2.24, 2.45) is 12.5 Å². The maximum absolute atomic E-state index is 12.6. The second-order valence-electron chi connectivity index (χ2n) is 7.20. The van der Waals surface area contributed by atoms with Crippen molar-refractivity contribution in [2.75, 3.05) is 13.2 Å². The van der Waals surface area contributed by atoms with E-state index >= 15 is 0 Å². The highest BCUT2D eigenvalue weighted by Crippen LogP contribution is 2.28. The number of hydrogen-bond acceptors (Lipinski definition) is 5. The van der Waals surface area contributed by atoms with Crippen LogP contribution in [0.4, 0.5) is 0 Å². The molecule has 5 nitrogen and oxygen atoms in total. The zero-order valence-corrected chi connectivity index (χ0v) is 17.7. The van der Waals surface area contributed by atoms with E-state index in [2.05, 4.69) is 5.92 Å². The minimum atomic E-state index is -0.496. The van der Waals surface area contributed by atoms with Crippen molar-refractivity contribution in [2.45, 2.75) is 27.7 Å². The predicted octanol–water partition coefficient (Wildman–Crippen LogP) is 2.08. The Labute approximate surface area is 168 Å². The van der Waals surface area contributed by atoms with Gasteiger partial charge in [-0.25, -0.2) is 0 Å². The molecule has 0 aliphatic heterocycles. The predicted molar refractivity (Wildman–Crippen MR) is 113 cm³/mol. The summed E-state index contributed by atoms with van der Waals surface area (Å²) in [6, 6.07) is 5.40. The topological polar surface area (TPSA) is 57.5 Å². The van der Waals surface area contributed by atoms with Gasteiger partial charge in [-0.2, -0.15) is 0 Å². The third-order valence-corrected chi connectivity index (χ3v) is 5.04. The van der Waals surface area contributed by atoms with E-state index in [1.54, 1.807) is 25.3 Å². The van der Waals surface area contributed by atoms with E-state index in [-0.39, 0.29) is 17.9 Å². The smallest absolute Gasteiger partial charge is 0.268 e. The Hall–Kier alpha value is -2.78. The molecule has 0 N–H and O–H groups in total. The molecular weight excluding hydrogens is 374 g/mol. The fourth-order valence-corrected chi connectivity index (χ4v) is 3.34. The third kappa shape index (κ3) is 5.14. The molecule has 0 spiro atoms. The lowest BCUT2D eigenvalue weighted by Gasteiger charge is -2.12. The normalized spacial score (nSPS) is 12.7. The number of Topliss-reactive ketones (excluding diaryl/α,β-unsaturated/α-hetero) is 1. The van der Waals surface area contributed by atoms with Crippen molar-refractivity contribution in [1.82, 2.24) is 4.57 Å². The quantitative estimate of drug-likeness (QED) is 0.698. The third-order valence-electron chi connectivity index (χ3n) is 3.93. The number of thiazole rings is 1. The molecule has 0 saturated carbocycles. The molecule has 0 aliphatic rings. The van der Waals surface area contributed by atoms with Gasteiger partial charge in [0, 0.05) is 18.5 Å². The number of hydrogen-bond donors (Lipinski definition) is 0. The molecule has 1 aromatic carbocycles. The van der Waals surface area contributed by atoms with Gasteiger partial charge in [-0.15, -0.1) is 17.8 Å². The molecule has 1 aromatic heterocycles. The zero-order valence-electron chi connectivity index (χ0n) is 16.9. The number of ether oxygens (including phenoxy) is 2. The Kier molecular flexibility index (Phi) is 6.87. The van der Waals surface area contributed by atoms with Crippen molar-refractivity contribution in [1.29, 1.82) is 0 Å². The van der Waals surface area contributed by atoms with Crippen LogP contribution in [0.5, 0.6) is 11.5 Å². The van der Waals surface area contributed by atoms with Crippen LogP contribution >= 0.6 is 11.3 Å². The minimum absolute atomic E-state index is 0.0236. The van der Waals surface area contributed by atoms with Gasteiger partial charge in [0.25, 0.3) is 5.56 Å². The molecule has 0 saturated heterocycles. The van der Waals surface area contributed by atoms with E-state index < -0.39 is 5.41 Å². The van der Waals surface area contributed by atoms with Crippen LogP contribution in [0.1, 0.15) is 33.3 Å². The highest BCUT2D eigenvalue weighted by atomic mass is 32.1. The van der Waals surface area contributed by atoms with Crippen LogP contribution in [0.2, 0.25) is 0 Å². The number of terminal acetylenes is 1. The van der Waals surface area contributed by atoms with E-state index in [0.29, 0.717) is 27.3 Å². The van der Waals surface area contributed by atoms with Crippen molar-refractivity contribution in [3.8, 4) is 23.8 Å². The average molecular weight is 400 g/mol. The second-order valence-corrected chi connectivity index (χ2v) is 8.27. The summed E-state index contributed by atoms with van der Waals surface area (Å²) >= 11 is 1.28. The molecule has 0 amide bonds. The number of ketones is 1. The lowest BCUT2D eigenvalue weighted by atomic mass is 9.91. The summed E-state index contributed by atoms with van der Waals surface area (Å²) in [4.78, 5) is 24.9. The molecule has 148 valence electrons. The van der Waals surface area contributed by atoms with Crippen LogP contribution in [0.15, 0.2) is 23.0 Å². The van der Waals surface area contributed by atoms with Gasteiger partial charge in [-0.05, 0) is 30.7 Å². The number of benzene rings is 1. The number of rotatable bonds is 6. The molecule has 0 bridgehead atoms. The van der Waals surface area contributed by atoms with Crippen molar-refractivity contribution < 1.29 is 14.3 Å². The summed E-state index contributed by atoms with van der Waals surface area (Å²) < 4.78 is 13.8. The standard InChI is InChI=1S/C22H25NO4S/c1-7-11-27-16-10-9-15(12-17(16)26-8-2)13-18-21(25)23(6)20(28-18)14-19(24)22(3,4)5/h1,9-10,12-14H,8,11H2,2-6H3/b18-13-,20-14-. The maximum atomic E-state index is 12.6. The SMILES string of the molecule is C#CCOc1ccc(/C=c2\s/c(=C\C(=O)C(C)(C)C)n(C)c2=O)cc1OCC. The van der Waals surface area contributed by atoms with E-state index in [1.165, 1.54) is 22.0 Å². The van der Waals surface area contributed by atoms with Gasteiger partial charge in [0.05, 0.1) is 11.1 Å². The van der Waals surface area contributed by atoms with Crippen molar-refractivity contribution in [3.05, 3.63) is 43.3 Å². The average Bonchev–Trinajstić information content (AvgIpc) is 2.88. The van der Waals surface area contributed by atoms with E-state index in [4.69, 9.17) is 15.9 Å². The van der Waals surface area contributed by atoms with Crippen LogP contribution in [0.25, 0.3) is 12.2 Å². The number of carbonyl (C=O) groups is 1. The van der Waals surface area contributed by atoms with Gasteiger partial charge in [0.15, 0.2) is 17.3 Å². The molecule has 28 heavy (non-hydrogen) atoms. The molecule has 0 unspecified atom stereocenters. The highest BCUT2D eigenvalue weighted by molar-refractivity contribution is 7.07. The molecule has 2 rings (SSSR count). The largest absolute Gasteiger partial charge is 0.490 e. The Balaban J connectivity index is 2.51. The molecule has 6 heteroatoms.